The number of likely N-dealkylation sites (tertiary alicyclic amines) is 2. The summed E-state index contributed by atoms with van der Waals surface area (Å²) in [6, 6.07) is 9.54. The SMILES string of the molecule is NCC1CCCN1C(=O)C1CCN(C(=O)COc2ccccc2)CC1. The van der Waals surface area contributed by atoms with E-state index < -0.39 is 0 Å². The van der Waals surface area contributed by atoms with Crippen LogP contribution in [0.1, 0.15) is 25.7 Å². The molecule has 0 bridgehead atoms. The van der Waals surface area contributed by atoms with Gasteiger partial charge in [0.1, 0.15) is 5.75 Å². The van der Waals surface area contributed by atoms with Gasteiger partial charge >= 0.3 is 0 Å². The maximum atomic E-state index is 12.7. The standard InChI is InChI=1S/C19H27N3O3/c20-13-16-5-4-10-22(16)19(24)15-8-11-21(12-9-15)18(23)14-25-17-6-2-1-3-7-17/h1-3,6-7,15-16H,4-5,8-14,20H2. The molecule has 1 atom stereocenters. The predicted octanol–water partition coefficient (Wildman–Crippen LogP) is 1.25. The third kappa shape index (κ3) is 4.31. The van der Waals surface area contributed by atoms with Gasteiger partial charge in [0.15, 0.2) is 6.61 Å². The van der Waals surface area contributed by atoms with E-state index >= 15 is 0 Å². The molecule has 1 aromatic carbocycles. The van der Waals surface area contributed by atoms with Crippen molar-refractivity contribution in [2.45, 2.75) is 31.7 Å². The van der Waals surface area contributed by atoms with Gasteiger partial charge in [-0.25, -0.2) is 0 Å². The number of amides is 2. The molecule has 2 saturated heterocycles. The van der Waals surface area contributed by atoms with E-state index in [0.29, 0.717) is 25.4 Å². The Hall–Kier alpha value is -2.08. The van der Waals surface area contributed by atoms with E-state index in [2.05, 4.69) is 0 Å². The van der Waals surface area contributed by atoms with Gasteiger partial charge in [-0.3, -0.25) is 9.59 Å². The highest BCUT2D eigenvalue weighted by atomic mass is 16.5. The number of hydrogen-bond acceptors (Lipinski definition) is 4. The summed E-state index contributed by atoms with van der Waals surface area (Å²) in [5, 5.41) is 0. The van der Waals surface area contributed by atoms with Crippen molar-refractivity contribution >= 4 is 11.8 Å². The maximum absolute atomic E-state index is 12.7. The zero-order valence-electron chi connectivity index (χ0n) is 14.6. The minimum absolute atomic E-state index is 0.0178. The smallest absolute Gasteiger partial charge is 0.260 e. The van der Waals surface area contributed by atoms with E-state index in [1.807, 2.05) is 35.2 Å². The molecular weight excluding hydrogens is 318 g/mol. The van der Waals surface area contributed by atoms with E-state index in [9.17, 15) is 9.59 Å². The van der Waals surface area contributed by atoms with Crippen LogP contribution in [0, 0.1) is 5.92 Å². The minimum atomic E-state index is -0.0178. The zero-order valence-corrected chi connectivity index (χ0v) is 14.6. The van der Waals surface area contributed by atoms with Crippen LogP contribution in [0.5, 0.6) is 5.75 Å². The number of ether oxygens (including phenoxy) is 1. The molecule has 3 rings (SSSR count). The third-order valence-electron chi connectivity index (χ3n) is 5.23. The Balaban J connectivity index is 1.45. The van der Waals surface area contributed by atoms with Crippen molar-refractivity contribution in [2.75, 3.05) is 32.8 Å². The molecule has 6 heteroatoms. The average molecular weight is 345 g/mol. The van der Waals surface area contributed by atoms with Crippen molar-refractivity contribution in [3.63, 3.8) is 0 Å². The number of nitrogens with zero attached hydrogens (tertiary/aromatic N) is 2. The summed E-state index contributed by atoms with van der Waals surface area (Å²) in [7, 11) is 0. The fourth-order valence-corrected chi connectivity index (χ4v) is 3.73. The molecule has 0 saturated carbocycles. The Bertz CT molecular complexity index is 585. The van der Waals surface area contributed by atoms with Crippen LogP contribution in [0.15, 0.2) is 30.3 Å². The monoisotopic (exact) mass is 345 g/mol. The molecule has 1 aromatic rings. The van der Waals surface area contributed by atoms with Gasteiger partial charge < -0.3 is 20.3 Å². The van der Waals surface area contributed by atoms with Crippen LogP contribution < -0.4 is 10.5 Å². The largest absolute Gasteiger partial charge is 0.484 e. The summed E-state index contributed by atoms with van der Waals surface area (Å²) < 4.78 is 5.52. The van der Waals surface area contributed by atoms with Gasteiger partial charge in [0, 0.05) is 38.1 Å². The van der Waals surface area contributed by atoms with Crippen LogP contribution in [-0.4, -0.2) is 60.4 Å². The maximum Gasteiger partial charge on any atom is 0.260 e. The molecule has 1 unspecified atom stereocenters. The van der Waals surface area contributed by atoms with Crippen LogP contribution in [0.4, 0.5) is 0 Å². The molecule has 2 N–H and O–H groups in total. The number of piperidine rings is 1. The molecule has 0 radical (unpaired) electrons. The van der Waals surface area contributed by atoms with E-state index in [4.69, 9.17) is 10.5 Å². The highest BCUT2D eigenvalue weighted by Gasteiger charge is 2.34. The second-order valence-corrected chi connectivity index (χ2v) is 6.82. The lowest BCUT2D eigenvalue weighted by Crippen LogP contribution is -2.48. The number of rotatable bonds is 5. The van der Waals surface area contributed by atoms with Crippen molar-refractivity contribution in [1.82, 2.24) is 9.80 Å². The van der Waals surface area contributed by atoms with Gasteiger partial charge in [-0.2, -0.15) is 0 Å². The van der Waals surface area contributed by atoms with Crippen LogP contribution >= 0.6 is 0 Å². The van der Waals surface area contributed by atoms with Gasteiger partial charge in [-0.05, 0) is 37.8 Å². The number of carbonyl (C=O) groups is 2. The van der Waals surface area contributed by atoms with Crippen LogP contribution in [0.3, 0.4) is 0 Å². The molecular formula is C19H27N3O3. The molecule has 136 valence electrons. The lowest BCUT2D eigenvalue weighted by molar-refractivity contribution is -0.142. The summed E-state index contributed by atoms with van der Waals surface area (Å²) >= 11 is 0. The van der Waals surface area contributed by atoms with Crippen LogP contribution in [0.25, 0.3) is 0 Å². The van der Waals surface area contributed by atoms with E-state index in [1.54, 1.807) is 4.90 Å². The van der Waals surface area contributed by atoms with Gasteiger partial charge in [0.05, 0.1) is 0 Å². The molecule has 25 heavy (non-hydrogen) atoms. The fraction of sp³-hybridized carbons (Fsp3) is 0.579. The molecule has 2 fully saturated rings. The summed E-state index contributed by atoms with van der Waals surface area (Å²) in [6.45, 7) is 2.65. The average Bonchev–Trinajstić information content (AvgIpc) is 3.15. The number of carbonyl (C=O) groups excluding carboxylic acids is 2. The Labute approximate surface area is 148 Å². The molecule has 0 spiro atoms. The van der Waals surface area contributed by atoms with E-state index in [0.717, 1.165) is 32.2 Å². The van der Waals surface area contributed by atoms with Crippen LogP contribution in [0.2, 0.25) is 0 Å². The van der Waals surface area contributed by atoms with Gasteiger partial charge in [-0.15, -0.1) is 0 Å². The van der Waals surface area contributed by atoms with E-state index in [1.165, 1.54) is 0 Å². The summed E-state index contributed by atoms with van der Waals surface area (Å²) in [5.74, 6) is 0.922. The molecule has 2 heterocycles. The Morgan fingerprint density at radius 2 is 1.80 bits per heavy atom. The number of benzene rings is 1. The summed E-state index contributed by atoms with van der Waals surface area (Å²) in [5.41, 5.74) is 5.77. The highest BCUT2D eigenvalue weighted by Crippen LogP contribution is 2.25. The molecule has 0 aliphatic carbocycles. The predicted molar refractivity (Wildman–Crippen MR) is 95.0 cm³/mol. The first-order chi connectivity index (χ1) is 12.2. The topological polar surface area (TPSA) is 75.9 Å². The number of nitrogens with two attached hydrogens (primary N) is 1. The van der Waals surface area contributed by atoms with E-state index in [-0.39, 0.29) is 30.4 Å². The minimum Gasteiger partial charge on any atom is -0.484 e. The first kappa shape index (κ1) is 17.7. The molecule has 0 aromatic heterocycles. The fourth-order valence-electron chi connectivity index (χ4n) is 3.73. The summed E-state index contributed by atoms with van der Waals surface area (Å²) in [4.78, 5) is 28.8. The van der Waals surface area contributed by atoms with Gasteiger partial charge in [-0.1, -0.05) is 18.2 Å². The molecule has 2 amide bonds. The first-order valence-corrected chi connectivity index (χ1v) is 9.15. The lowest BCUT2D eigenvalue weighted by atomic mass is 9.95. The third-order valence-corrected chi connectivity index (χ3v) is 5.23. The van der Waals surface area contributed by atoms with Crippen LogP contribution in [-0.2, 0) is 9.59 Å². The van der Waals surface area contributed by atoms with Crippen molar-refractivity contribution in [1.29, 1.82) is 0 Å². The number of hydrogen-bond donors (Lipinski definition) is 1. The molecule has 2 aliphatic rings. The Morgan fingerprint density at radius 1 is 1.08 bits per heavy atom. The second-order valence-electron chi connectivity index (χ2n) is 6.82. The Morgan fingerprint density at radius 3 is 2.48 bits per heavy atom. The lowest BCUT2D eigenvalue weighted by Gasteiger charge is -2.34. The zero-order chi connectivity index (χ0) is 17.6. The normalized spacial score (nSPS) is 21.4. The molecule has 2 aliphatic heterocycles. The second kappa shape index (κ2) is 8.34. The van der Waals surface area contributed by atoms with Gasteiger partial charge in [0.2, 0.25) is 5.91 Å². The Kier molecular flexibility index (Phi) is 5.91. The number of para-hydroxylation sites is 1. The molecule has 6 nitrogen and oxygen atoms in total. The van der Waals surface area contributed by atoms with Crippen molar-refractivity contribution in [2.24, 2.45) is 11.7 Å². The van der Waals surface area contributed by atoms with Crippen molar-refractivity contribution in [3.8, 4) is 5.75 Å². The summed E-state index contributed by atoms with van der Waals surface area (Å²) in [6.07, 6.45) is 3.51. The van der Waals surface area contributed by atoms with Crippen molar-refractivity contribution in [3.05, 3.63) is 30.3 Å². The first-order valence-electron chi connectivity index (χ1n) is 9.15. The van der Waals surface area contributed by atoms with Crippen molar-refractivity contribution < 1.29 is 14.3 Å². The van der Waals surface area contributed by atoms with Gasteiger partial charge in [0.25, 0.3) is 5.91 Å². The quantitative estimate of drug-likeness (QED) is 0.871. The highest BCUT2D eigenvalue weighted by molar-refractivity contribution is 5.81.